The Balaban J connectivity index is 1.38. The predicted molar refractivity (Wildman–Crippen MR) is 101 cm³/mol. The van der Waals surface area contributed by atoms with Gasteiger partial charge in [0.15, 0.2) is 0 Å². The number of hydrogen-bond acceptors (Lipinski definition) is 5. The minimum absolute atomic E-state index is 0.234. The summed E-state index contributed by atoms with van der Waals surface area (Å²) in [5, 5.41) is 11.0. The highest BCUT2D eigenvalue weighted by atomic mass is 16.5. The molecule has 1 aliphatic rings. The van der Waals surface area contributed by atoms with E-state index in [4.69, 9.17) is 4.74 Å². The van der Waals surface area contributed by atoms with Crippen molar-refractivity contribution < 1.29 is 9.84 Å². The number of hydrogen-bond donors (Lipinski definition) is 1. The number of piperidine rings is 1. The molecule has 1 N–H and O–H groups in total. The summed E-state index contributed by atoms with van der Waals surface area (Å²) in [6.07, 6.45) is 6.07. The van der Waals surface area contributed by atoms with E-state index < -0.39 is 0 Å². The highest BCUT2D eigenvalue weighted by Gasteiger charge is 2.21. The largest absolute Gasteiger partial charge is 0.506 e. The first-order chi connectivity index (χ1) is 12.8. The summed E-state index contributed by atoms with van der Waals surface area (Å²) in [7, 11) is 0. The third kappa shape index (κ3) is 4.00. The van der Waals surface area contributed by atoms with Crippen LogP contribution in [-0.2, 0) is 17.9 Å². The van der Waals surface area contributed by atoms with Gasteiger partial charge >= 0.3 is 0 Å². The van der Waals surface area contributed by atoms with Gasteiger partial charge in [-0.3, -0.25) is 9.88 Å². The molecule has 0 radical (unpaired) electrons. The van der Waals surface area contributed by atoms with Crippen LogP contribution in [0.4, 0.5) is 0 Å². The quantitative estimate of drug-likeness (QED) is 0.764. The monoisotopic (exact) mass is 349 g/mol. The van der Waals surface area contributed by atoms with Gasteiger partial charge in [0.2, 0.25) is 0 Å². The first kappa shape index (κ1) is 16.9. The van der Waals surface area contributed by atoms with E-state index in [0.29, 0.717) is 12.1 Å². The van der Waals surface area contributed by atoms with Crippen molar-refractivity contribution in [2.75, 3.05) is 13.1 Å². The Kier molecular flexibility index (Phi) is 5.09. The van der Waals surface area contributed by atoms with Gasteiger partial charge in [0, 0.05) is 30.9 Å². The van der Waals surface area contributed by atoms with Gasteiger partial charge in [0.05, 0.1) is 18.4 Å². The molecule has 5 heteroatoms. The van der Waals surface area contributed by atoms with Crippen molar-refractivity contribution in [3.05, 3.63) is 66.1 Å². The Hall–Kier alpha value is -2.50. The first-order valence-electron chi connectivity index (χ1n) is 9.08. The Labute approximate surface area is 153 Å². The smallest absolute Gasteiger partial charge is 0.141 e. The molecule has 134 valence electrons. The van der Waals surface area contributed by atoms with E-state index in [2.05, 4.69) is 14.9 Å². The lowest BCUT2D eigenvalue weighted by atomic mass is 10.1. The zero-order chi connectivity index (χ0) is 17.8. The molecule has 1 fully saturated rings. The molecule has 2 aromatic heterocycles. The number of aromatic nitrogens is 2. The van der Waals surface area contributed by atoms with Crippen molar-refractivity contribution in [2.45, 2.75) is 32.1 Å². The fourth-order valence-corrected chi connectivity index (χ4v) is 3.48. The molecule has 0 unspecified atom stereocenters. The zero-order valence-corrected chi connectivity index (χ0v) is 14.7. The standard InChI is InChI=1S/C21H23N3O2/c25-20-7-1-5-17-8-9-18(23-21(17)20)13-24-11-3-6-19(14-24)26-15-16-4-2-10-22-12-16/h1-2,4-5,7-10,12,19,25H,3,6,11,13-15H2/t19-/m1/s1. The maximum Gasteiger partial charge on any atom is 0.141 e. The number of ether oxygens (including phenoxy) is 1. The second-order valence-corrected chi connectivity index (χ2v) is 6.82. The number of benzene rings is 1. The van der Waals surface area contributed by atoms with Crippen LogP contribution in [0.3, 0.4) is 0 Å². The number of fused-ring (bicyclic) bond motifs is 1. The van der Waals surface area contributed by atoms with Crippen molar-refractivity contribution in [2.24, 2.45) is 0 Å². The van der Waals surface area contributed by atoms with Gasteiger partial charge in [-0.2, -0.15) is 0 Å². The van der Waals surface area contributed by atoms with Gasteiger partial charge in [-0.25, -0.2) is 4.98 Å². The normalized spacial score (nSPS) is 18.2. The van der Waals surface area contributed by atoms with Crippen LogP contribution in [0, 0.1) is 0 Å². The third-order valence-corrected chi connectivity index (χ3v) is 4.81. The fraction of sp³-hybridized carbons (Fsp3) is 0.333. The number of para-hydroxylation sites is 1. The van der Waals surface area contributed by atoms with Crippen LogP contribution in [-0.4, -0.2) is 39.2 Å². The molecule has 26 heavy (non-hydrogen) atoms. The number of rotatable bonds is 5. The molecular formula is C21H23N3O2. The van der Waals surface area contributed by atoms with Crippen LogP contribution < -0.4 is 0 Å². The molecular weight excluding hydrogens is 326 g/mol. The lowest BCUT2D eigenvalue weighted by Gasteiger charge is -2.32. The summed E-state index contributed by atoms with van der Waals surface area (Å²) in [5.74, 6) is 0.237. The van der Waals surface area contributed by atoms with Gasteiger partial charge < -0.3 is 9.84 Å². The predicted octanol–water partition coefficient (Wildman–Crippen LogP) is 3.52. The van der Waals surface area contributed by atoms with Gasteiger partial charge in [-0.1, -0.05) is 24.3 Å². The lowest BCUT2D eigenvalue weighted by molar-refractivity contribution is -0.0124. The number of pyridine rings is 2. The molecule has 3 aromatic rings. The van der Waals surface area contributed by atoms with E-state index in [0.717, 1.165) is 49.1 Å². The first-order valence-corrected chi connectivity index (χ1v) is 9.08. The number of phenols is 1. The summed E-state index contributed by atoms with van der Waals surface area (Å²) in [6, 6.07) is 13.5. The third-order valence-electron chi connectivity index (χ3n) is 4.81. The van der Waals surface area contributed by atoms with Crippen molar-refractivity contribution >= 4 is 10.9 Å². The second-order valence-electron chi connectivity index (χ2n) is 6.82. The summed E-state index contributed by atoms with van der Waals surface area (Å²) in [5.41, 5.74) is 2.76. The Morgan fingerprint density at radius 3 is 3.00 bits per heavy atom. The maximum atomic E-state index is 10.0. The van der Waals surface area contributed by atoms with Gasteiger partial charge in [0.1, 0.15) is 11.3 Å². The Bertz CT molecular complexity index is 870. The molecule has 3 heterocycles. The SMILES string of the molecule is Oc1cccc2ccc(CN3CCC[C@@H](OCc4cccnc4)C3)nc12. The highest BCUT2D eigenvalue weighted by Crippen LogP contribution is 2.23. The number of phenolic OH excluding ortho intramolecular Hbond substituents is 1. The molecule has 1 aliphatic heterocycles. The van der Waals surface area contributed by atoms with Crippen molar-refractivity contribution in [1.29, 1.82) is 0 Å². The molecule has 5 nitrogen and oxygen atoms in total. The summed E-state index contributed by atoms with van der Waals surface area (Å²) >= 11 is 0. The van der Waals surface area contributed by atoms with Gasteiger partial charge in [-0.05, 0) is 43.1 Å². The second kappa shape index (κ2) is 7.81. The Morgan fingerprint density at radius 1 is 1.15 bits per heavy atom. The van der Waals surface area contributed by atoms with E-state index in [-0.39, 0.29) is 11.9 Å². The number of likely N-dealkylation sites (tertiary alicyclic amines) is 1. The van der Waals surface area contributed by atoms with E-state index in [1.165, 1.54) is 0 Å². The number of aromatic hydroxyl groups is 1. The molecule has 0 aliphatic carbocycles. The van der Waals surface area contributed by atoms with Gasteiger partial charge in [0.25, 0.3) is 0 Å². The fourth-order valence-electron chi connectivity index (χ4n) is 3.48. The highest BCUT2D eigenvalue weighted by molar-refractivity contribution is 5.84. The average molecular weight is 349 g/mol. The van der Waals surface area contributed by atoms with Crippen LogP contribution in [0.25, 0.3) is 10.9 Å². The molecule has 0 spiro atoms. The molecule has 1 aromatic carbocycles. The van der Waals surface area contributed by atoms with Crippen LogP contribution >= 0.6 is 0 Å². The molecule has 4 rings (SSSR count). The minimum Gasteiger partial charge on any atom is -0.506 e. The topological polar surface area (TPSA) is 58.5 Å². The lowest BCUT2D eigenvalue weighted by Crippen LogP contribution is -2.39. The molecule has 1 saturated heterocycles. The summed E-state index contributed by atoms with van der Waals surface area (Å²) in [6.45, 7) is 3.33. The van der Waals surface area contributed by atoms with E-state index >= 15 is 0 Å². The van der Waals surface area contributed by atoms with E-state index in [1.807, 2.05) is 42.6 Å². The molecule has 0 amide bonds. The molecule has 0 bridgehead atoms. The summed E-state index contributed by atoms with van der Waals surface area (Å²) < 4.78 is 6.08. The van der Waals surface area contributed by atoms with Crippen LogP contribution in [0.5, 0.6) is 5.75 Å². The van der Waals surface area contributed by atoms with Crippen LogP contribution in [0.2, 0.25) is 0 Å². The number of nitrogens with zero attached hydrogens (tertiary/aromatic N) is 3. The molecule has 1 atom stereocenters. The Morgan fingerprint density at radius 2 is 2.12 bits per heavy atom. The van der Waals surface area contributed by atoms with Crippen LogP contribution in [0.15, 0.2) is 54.9 Å². The van der Waals surface area contributed by atoms with Crippen LogP contribution in [0.1, 0.15) is 24.1 Å². The van der Waals surface area contributed by atoms with E-state index in [1.54, 1.807) is 12.3 Å². The van der Waals surface area contributed by atoms with Gasteiger partial charge in [-0.15, -0.1) is 0 Å². The summed E-state index contributed by atoms with van der Waals surface area (Å²) in [4.78, 5) is 11.2. The molecule has 0 saturated carbocycles. The minimum atomic E-state index is 0.234. The van der Waals surface area contributed by atoms with Crippen molar-refractivity contribution in [1.82, 2.24) is 14.9 Å². The van der Waals surface area contributed by atoms with Crippen molar-refractivity contribution in [3.8, 4) is 5.75 Å². The maximum absolute atomic E-state index is 10.0. The van der Waals surface area contributed by atoms with E-state index in [9.17, 15) is 5.11 Å². The zero-order valence-electron chi connectivity index (χ0n) is 14.7. The van der Waals surface area contributed by atoms with Crippen molar-refractivity contribution in [3.63, 3.8) is 0 Å². The average Bonchev–Trinajstić information content (AvgIpc) is 2.68.